The number of anilines is 2. The van der Waals surface area contributed by atoms with E-state index in [0.717, 1.165) is 29.2 Å². The summed E-state index contributed by atoms with van der Waals surface area (Å²) >= 11 is 6.77. The van der Waals surface area contributed by atoms with Crippen molar-refractivity contribution in [2.75, 3.05) is 47.5 Å². The number of carbonyl (C=O) groups is 1. The van der Waals surface area contributed by atoms with Gasteiger partial charge >= 0.3 is 275 Å². The Morgan fingerprint density at radius 3 is 2.53 bits per heavy atom. The van der Waals surface area contributed by atoms with E-state index in [1.54, 1.807) is 33.9 Å². The van der Waals surface area contributed by atoms with Crippen LogP contribution in [0.15, 0.2) is 29.0 Å². The molecule has 0 unspecified atom stereocenters. The summed E-state index contributed by atoms with van der Waals surface area (Å²) in [4.78, 5) is 25.1. The third-order valence-corrected chi connectivity index (χ3v) is 13.2. The van der Waals surface area contributed by atoms with Crippen molar-refractivity contribution in [2.45, 2.75) is 37.0 Å². The summed E-state index contributed by atoms with van der Waals surface area (Å²) in [7, 11) is -3.29. The number of rotatable bonds is 4. The maximum atomic E-state index is 15.1. The number of H-pyrrole nitrogens is 1. The summed E-state index contributed by atoms with van der Waals surface area (Å²) in [6.45, 7) is 7.64. The first-order valence-corrected chi connectivity index (χ1v) is 18.1. The second-order valence-corrected chi connectivity index (χ2v) is 16.1. The first-order chi connectivity index (χ1) is 21.1. The number of fused-ring (bicyclic) bond motifs is 2. The molecule has 0 saturated carbocycles. The van der Waals surface area contributed by atoms with Crippen molar-refractivity contribution in [3.8, 4) is 11.1 Å². The third kappa shape index (κ3) is 5.49. The molecular weight excluding hydrogens is 694 g/mol. The van der Waals surface area contributed by atoms with Crippen LogP contribution in [0.5, 0.6) is 0 Å². The molecule has 3 N–H and O–H groups in total. The number of carbonyl (C=O) groups excluding carboxylic acids is 1. The Kier molecular flexibility index (Phi) is 7.94. The standard InChI is InChI=1S/C28H29F3N7O3S3.Co/c1-5-19(39)38-14(2)7-37(8-15(38)3)24(32)16-6-18(28(29,30)31)20(17-9-42-25-21(17)34-26(33)35-25)23-22(16)36(4)10-27(11-43-23)12-44(40,41)13-27;/h4-6,9,14-15H,1,7-8,10-13H2,2-3H3,(H3,33,34,35);/q-1;/t14-,15+;. The van der Waals surface area contributed by atoms with E-state index in [1.807, 2.05) is 0 Å². The topological polar surface area (TPSA) is 138 Å². The fourth-order valence-corrected chi connectivity index (χ4v) is 11.8. The first kappa shape index (κ1) is 32.1. The number of thiophene rings is 1. The molecule has 0 aliphatic carbocycles. The Balaban J connectivity index is 1.57. The predicted octanol–water partition coefficient (Wildman–Crippen LogP) is 3.95. The molecule has 243 valence electrons. The van der Waals surface area contributed by atoms with Gasteiger partial charge in [0.25, 0.3) is 0 Å². The fraction of sp³-hybridized carbons (Fsp3) is 0.429. The predicted molar refractivity (Wildman–Crippen MR) is 169 cm³/mol. The number of nitrogens with two attached hydrogens (primary N) is 1. The van der Waals surface area contributed by atoms with E-state index in [2.05, 4.69) is 31.8 Å². The van der Waals surface area contributed by atoms with Crippen LogP contribution in [0.1, 0.15) is 25.0 Å². The summed E-state index contributed by atoms with van der Waals surface area (Å²) < 4.78 is 70.0. The molecule has 2 atom stereocenters. The SMILES string of the molecule is C=CC(=O)N1[C@H](C)CN(C(=[N-])c2cc(C(F)(F)F)c(-c3csc4nc(N)[nH]c34)c3c2N([CH]=[Co])CC2(CS3)CS(=O)(=O)C2)C[C@@H]1C. The Hall–Kier alpha value is -2.86. The number of thioether (sulfide) groups is 1. The van der Waals surface area contributed by atoms with Crippen molar-refractivity contribution in [3.05, 3.63) is 40.6 Å². The van der Waals surface area contributed by atoms with E-state index in [4.69, 9.17) is 5.73 Å². The van der Waals surface area contributed by atoms with E-state index in [9.17, 15) is 18.6 Å². The molecular formula is C28H29CoF3N7O3S3-. The Labute approximate surface area is 273 Å². The van der Waals surface area contributed by atoms with Crippen LogP contribution in [-0.2, 0) is 36.1 Å². The van der Waals surface area contributed by atoms with Crippen LogP contribution >= 0.6 is 23.1 Å². The Bertz CT molecular complexity index is 1850. The molecule has 3 aromatic rings. The summed E-state index contributed by atoms with van der Waals surface area (Å²) in [5, 5.41) is 14.8. The molecule has 5 heterocycles. The van der Waals surface area contributed by atoms with E-state index in [-0.39, 0.29) is 93.9 Å². The van der Waals surface area contributed by atoms with Gasteiger partial charge in [-0.1, -0.05) is 0 Å². The van der Waals surface area contributed by atoms with Crippen molar-refractivity contribution in [2.24, 2.45) is 5.41 Å². The van der Waals surface area contributed by atoms with E-state index in [1.165, 1.54) is 11.2 Å². The number of benzene rings is 1. The number of alkyl halides is 3. The van der Waals surface area contributed by atoms with Crippen LogP contribution in [0.25, 0.3) is 26.9 Å². The van der Waals surface area contributed by atoms with Gasteiger partial charge < -0.3 is 0 Å². The Morgan fingerprint density at radius 1 is 1.29 bits per heavy atom. The number of aromatic amines is 1. The number of sulfone groups is 1. The van der Waals surface area contributed by atoms with Crippen LogP contribution in [0, 0.1) is 5.41 Å². The van der Waals surface area contributed by atoms with Gasteiger partial charge in [-0.05, 0) is 0 Å². The number of piperazine rings is 1. The Morgan fingerprint density at radius 2 is 1.96 bits per heavy atom. The van der Waals surface area contributed by atoms with Gasteiger partial charge in [0.2, 0.25) is 0 Å². The summed E-state index contributed by atoms with van der Waals surface area (Å²) in [5.41, 5.74) is 4.85. The molecule has 2 saturated heterocycles. The van der Waals surface area contributed by atoms with Crippen molar-refractivity contribution >= 4 is 71.7 Å². The number of hydrogen-bond donors (Lipinski definition) is 2. The zero-order valence-corrected chi connectivity index (χ0v) is 27.6. The number of imidazole rings is 1. The second-order valence-electron chi connectivity index (χ2n) is 11.9. The fourth-order valence-electron chi connectivity index (χ4n) is 6.79. The number of nitrogen functional groups attached to an aromatic ring is 1. The minimum absolute atomic E-state index is 0.0639. The summed E-state index contributed by atoms with van der Waals surface area (Å²) in [5.74, 6) is -0.585. The van der Waals surface area contributed by atoms with Gasteiger partial charge in [0.05, 0.1) is 0 Å². The van der Waals surface area contributed by atoms with Gasteiger partial charge in [-0.2, -0.15) is 0 Å². The quantitative estimate of drug-likeness (QED) is 0.235. The van der Waals surface area contributed by atoms with Crippen LogP contribution in [-0.4, -0.2) is 94.0 Å². The second kappa shape index (κ2) is 11.1. The van der Waals surface area contributed by atoms with Gasteiger partial charge in [0.15, 0.2) is 0 Å². The minimum atomic E-state index is -4.84. The molecule has 1 spiro atoms. The number of amides is 1. The van der Waals surface area contributed by atoms with Crippen LogP contribution in [0.3, 0.4) is 0 Å². The summed E-state index contributed by atoms with van der Waals surface area (Å²) in [6.07, 6.45) is -3.63. The molecule has 0 radical (unpaired) electrons. The average Bonchev–Trinajstić information content (AvgIpc) is 3.45. The molecule has 3 aliphatic heterocycles. The molecule has 1 aromatic carbocycles. The zero-order valence-electron chi connectivity index (χ0n) is 24.1. The normalized spacial score (nSPS) is 22.6. The van der Waals surface area contributed by atoms with Gasteiger partial charge in [0.1, 0.15) is 0 Å². The molecule has 0 bridgehead atoms. The zero-order chi connectivity index (χ0) is 32.6. The van der Waals surface area contributed by atoms with Crippen molar-refractivity contribution in [3.63, 3.8) is 0 Å². The molecule has 45 heavy (non-hydrogen) atoms. The number of halogens is 3. The molecule has 10 nitrogen and oxygen atoms in total. The van der Waals surface area contributed by atoms with Crippen LogP contribution in [0.2, 0.25) is 0 Å². The molecule has 2 aromatic heterocycles. The molecule has 17 heteroatoms. The summed E-state index contributed by atoms with van der Waals surface area (Å²) in [6, 6.07) is 0.190. The molecule has 2 fully saturated rings. The van der Waals surface area contributed by atoms with E-state index in [0.29, 0.717) is 10.3 Å². The third-order valence-electron chi connectivity index (χ3n) is 8.44. The molecule has 3 aliphatic rings. The first-order valence-electron chi connectivity index (χ1n) is 13.9. The van der Waals surface area contributed by atoms with E-state index < -0.39 is 27.0 Å². The van der Waals surface area contributed by atoms with Gasteiger partial charge in [0, 0.05) is 0 Å². The van der Waals surface area contributed by atoms with Crippen LogP contribution < -0.4 is 10.6 Å². The van der Waals surface area contributed by atoms with Crippen molar-refractivity contribution in [1.82, 2.24) is 19.8 Å². The van der Waals surface area contributed by atoms with Crippen molar-refractivity contribution < 1.29 is 41.7 Å². The number of hydrogen-bond acceptors (Lipinski definition) is 8. The average molecular weight is 724 g/mol. The van der Waals surface area contributed by atoms with Gasteiger partial charge in [-0.3, -0.25) is 0 Å². The number of nitrogens with zero attached hydrogens (tertiary/aromatic N) is 5. The van der Waals surface area contributed by atoms with Crippen molar-refractivity contribution in [1.29, 1.82) is 0 Å². The molecule has 6 rings (SSSR count). The number of amidine groups is 1. The van der Waals surface area contributed by atoms with Crippen LogP contribution in [0.4, 0.5) is 24.8 Å². The monoisotopic (exact) mass is 723 g/mol. The molecule has 1 amide bonds. The van der Waals surface area contributed by atoms with Gasteiger partial charge in [-0.15, -0.1) is 0 Å². The number of nitrogens with one attached hydrogen (secondary N) is 1. The maximum absolute atomic E-state index is 15.1. The van der Waals surface area contributed by atoms with Gasteiger partial charge in [-0.25, -0.2) is 0 Å². The van der Waals surface area contributed by atoms with E-state index >= 15 is 13.2 Å². The number of aromatic nitrogens is 2.